The van der Waals surface area contributed by atoms with E-state index in [-0.39, 0.29) is 11.9 Å². The van der Waals surface area contributed by atoms with Gasteiger partial charge in [0.2, 0.25) is 0 Å². The van der Waals surface area contributed by atoms with E-state index in [9.17, 15) is 4.39 Å². The van der Waals surface area contributed by atoms with Gasteiger partial charge in [-0.15, -0.1) is 0 Å². The largest absolute Gasteiger partial charge is 0.355 e. The van der Waals surface area contributed by atoms with Crippen molar-refractivity contribution in [3.63, 3.8) is 0 Å². The Hall–Kier alpha value is -1.65. The Morgan fingerprint density at radius 2 is 2.05 bits per heavy atom. The SMILES string of the molecule is CC(Nc1nc2ccc(Cl)cc2s1)c1ccccc1F. The summed E-state index contributed by atoms with van der Waals surface area (Å²) in [5.41, 5.74) is 1.52. The van der Waals surface area contributed by atoms with Gasteiger partial charge < -0.3 is 5.32 Å². The zero-order chi connectivity index (χ0) is 14.1. The minimum absolute atomic E-state index is 0.146. The van der Waals surface area contributed by atoms with E-state index >= 15 is 0 Å². The van der Waals surface area contributed by atoms with E-state index in [4.69, 9.17) is 11.6 Å². The highest BCUT2D eigenvalue weighted by molar-refractivity contribution is 7.22. The quantitative estimate of drug-likeness (QED) is 0.713. The van der Waals surface area contributed by atoms with Crippen LogP contribution < -0.4 is 5.32 Å². The molecule has 102 valence electrons. The fourth-order valence-corrected chi connectivity index (χ4v) is 3.28. The third-order valence-corrected chi connectivity index (χ3v) is 4.25. The van der Waals surface area contributed by atoms with Crippen LogP contribution in [0.25, 0.3) is 10.2 Å². The van der Waals surface area contributed by atoms with Crippen molar-refractivity contribution in [2.45, 2.75) is 13.0 Å². The Balaban J connectivity index is 1.87. The summed E-state index contributed by atoms with van der Waals surface area (Å²) in [6, 6.07) is 12.2. The normalized spacial score (nSPS) is 12.6. The fourth-order valence-electron chi connectivity index (χ4n) is 2.05. The van der Waals surface area contributed by atoms with Crippen LogP contribution in [0.15, 0.2) is 42.5 Å². The van der Waals surface area contributed by atoms with Crippen LogP contribution in [0.4, 0.5) is 9.52 Å². The van der Waals surface area contributed by atoms with Gasteiger partial charge >= 0.3 is 0 Å². The topological polar surface area (TPSA) is 24.9 Å². The molecule has 1 unspecified atom stereocenters. The number of thiazole rings is 1. The van der Waals surface area contributed by atoms with E-state index in [1.807, 2.05) is 31.2 Å². The summed E-state index contributed by atoms with van der Waals surface area (Å²) in [6.45, 7) is 1.91. The third-order valence-electron chi connectivity index (χ3n) is 3.06. The average Bonchev–Trinajstić information content (AvgIpc) is 2.80. The first-order valence-corrected chi connectivity index (χ1v) is 7.40. The molecule has 0 aliphatic heterocycles. The monoisotopic (exact) mass is 306 g/mol. The lowest BCUT2D eigenvalue weighted by Crippen LogP contribution is -2.08. The zero-order valence-electron chi connectivity index (χ0n) is 10.7. The number of nitrogens with zero attached hydrogens (tertiary/aromatic N) is 1. The predicted molar refractivity (Wildman–Crippen MR) is 83.1 cm³/mol. The zero-order valence-corrected chi connectivity index (χ0v) is 12.3. The first kappa shape index (κ1) is 13.3. The van der Waals surface area contributed by atoms with Crippen molar-refractivity contribution in [3.05, 3.63) is 58.9 Å². The first-order valence-electron chi connectivity index (χ1n) is 6.20. The molecule has 2 nitrogen and oxygen atoms in total. The molecule has 1 aromatic heterocycles. The third kappa shape index (κ3) is 2.62. The molecule has 1 heterocycles. The van der Waals surface area contributed by atoms with Crippen LogP contribution in [-0.2, 0) is 0 Å². The average molecular weight is 307 g/mol. The second-order valence-electron chi connectivity index (χ2n) is 4.52. The summed E-state index contributed by atoms with van der Waals surface area (Å²) in [5, 5.41) is 4.68. The number of hydrogen-bond acceptors (Lipinski definition) is 3. The summed E-state index contributed by atoms with van der Waals surface area (Å²) in [5.74, 6) is -0.211. The molecule has 0 aliphatic rings. The van der Waals surface area contributed by atoms with Crippen LogP contribution >= 0.6 is 22.9 Å². The molecule has 2 aromatic carbocycles. The standard InChI is InChI=1S/C15H12ClFN2S/c1-9(11-4-2-3-5-12(11)17)18-15-19-13-7-6-10(16)8-14(13)20-15/h2-9H,1H3,(H,18,19). The highest BCUT2D eigenvalue weighted by Crippen LogP contribution is 2.30. The predicted octanol–water partition coefficient (Wildman–Crippen LogP) is 5.26. The van der Waals surface area contributed by atoms with Gasteiger partial charge in [0, 0.05) is 10.6 Å². The fraction of sp³-hybridized carbons (Fsp3) is 0.133. The highest BCUT2D eigenvalue weighted by Gasteiger charge is 2.12. The van der Waals surface area contributed by atoms with E-state index in [2.05, 4.69) is 10.3 Å². The molecule has 0 fully saturated rings. The number of nitrogens with one attached hydrogen (secondary N) is 1. The number of aromatic nitrogens is 1. The van der Waals surface area contributed by atoms with Gasteiger partial charge in [-0.1, -0.05) is 41.1 Å². The molecule has 0 bridgehead atoms. The van der Waals surface area contributed by atoms with E-state index in [1.54, 1.807) is 12.1 Å². The number of fused-ring (bicyclic) bond motifs is 1. The summed E-state index contributed by atoms with van der Waals surface area (Å²) in [6.07, 6.45) is 0. The summed E-state index contributed by atoms with van der Waals surface area (Å²) < 4.78 is 14.7. The smallest absolute Gasteiger partial charge is 0.184 e. The number of hydrogen-bond donors (Lipinski definition) is 1. The lowest BCUT2D eigenvalue weighted by molar-refractivity contribution is 0.600. The van der Waals surface area contributed by atoms with E-state index < -0.39 is 0 Å². The molecule has 0 spiro atoms. The Labute approximate surface area is 125 Å². The van der Waals surface area contributed by atoms with Gasteiger partial charge in [-0.25, -0.2) is 9.37 Å². The minimum atomic E-state index is -0.211. The molecular formula is C15H12ClFN2S. The van der Waals surface area contributed by atoms with Crippen molar-refractivity contribution in [2.75, 3.05) is 5.32 Å². The van der Waals surface area contributed by atoms with Crippen LogP contribution in [0.3, 0.4) is 0 Å². The summed E-state index contributed by atoms with van der Waals surface area (Å²) >= 11 is 7.47. The van der Waals surface area contributed by atoms with Gasteiger partial charge in [-0.2, -0.15) is 0 Å². The van der Waals surface area contributed by atoms with Crippen molar-refractivity contribution >= 4 is 38.3 Å². The van der Waals surface area contributed by atoms with Gasteiger partial charge in [0.25, 0.3) is 0 Å². The molecular weight excluding hydrogens is 295 g/mol. The lowest BCUT2D eigenvalue weighted by atomic mass is 10.1. The van der Waals surface area contributed by atoms with Gasteiger partial charge in [0.15, 0.2) is 5.13 Å². The van der Waals surface area contributed by atoms with Crippen LogP contribution in [-0.4, -0.2) is 4.98 Å². The molecule has 0 amide bonds. The van der Waals surface area contributed by atoms with Crippen molar-refractivity contribution in [1.29, 1.82) is 0 Å². The van der Waals surface area contributed by atoms with Crippen LogP contribution in [0.2, 0.25) is 5.02 Å². The molecule has 1 N–H and O–H groups in total. The van der Waals surface area contributed by atoms with Crippen molar-refractivity contribution < 1.29 is 4.39 Å². The summed E-state index contributed by atoms with van der Waals surface area (Å²) in [7, 11) is 0. The number of halogens is 2. The van der Waals surface area contributed by atoms with Crippen molar-refractivity contribution in [3.8, 4) is 0 Å². The van der Waals surface area contributed by atoms with Gasteiger partial charge in [0.1, 0.15) is 5.82 Å². The van der Waals surface area contributed by atoms with Gasteiger partial charge in [-0.3, -0.25) is 0 Å². The molecule has 0 saturated carbocycles. The van der Waals surface area contributed by atoms with Gasteiger partial charge in [-0.05, 0) is 31.2 Å². The number of anilines is 1. The minimum Gasteiger partial charge on any atom is -0.355 e. The Morgan fingerprint density at radius 3 is 2.85 bits per heavy atom. The molecule has 0 radical (unpaired) electrons. The maximum Gasteiger partial charge on any atom is 0.184 e. The molecule has 1 atom stereocenters. The molecule has 3 rings (SSSR count). The molecule has 20 heavy (non-hydrogen) atoms. The van der Waals surface area contributed by atoms with E-state index in [0.29, 0.717) is 10.6 Å². The van der Waals surface area contributed by atoms with E-state index in [1.165, 1.54) is 17.4 Å². The van der Waals surface area contributed by atoms with Crippen molar-refractivity contribution in [1.82, 2.24) is 4.98 Å². The number of rotatable bonds is 3. The Morgan fingerprint density at radius 1 is 1.25 bits per heavy atom. The Kier molecular flexibility index (Phi) is 3.59. The Bertz CT molecular complexity index is 756. The number of benzene rings is 2. The highest BCUT2D eigenvalue weighted by atomic mass is 35.5. The lowest BCUT2D eigenvalue weighted by Gasteiger charge is -2.13. The van der Waals surface area contributed by atoms with Crippen molar-refractivity contribution in [2.24, 2.45) is 0 Å². The molecule has 5 heteroatoms. The maximum absolute atomic E-state index is 13.7. The van der Waals surface area contributed by atoms with Crippen LogP contribution in [0, 0.1) is 5.82 Å². The van der Waals surface area contributed by atoms with E-state index in [0.717, 1.165) is 15.3 Å². The molecule has 0 aliphatic carbocycles. The molecule has 3 aromatic rings. The molecule has 0 saturated heterocycles. The maximum atomic E-state index is 13.7. The second kappa shape index (κ2) is 5.38. The van der Waals surface area contributed by atoms with Gasteiger partial charge in [0.05, 0.1) is 16.3 Å². The first-order chi connectivity index (χ1) is 9.63. The van der Waals surface area contributed by atoms with Crippen LogP contribution in [0.5, 0.6) is 0 Å². The summed E-state index contributed by atoms with van der Waals surface area (Å²) in [4.78, 5) is 4.48. The van der Waals surface area contributed by atoms with Crippen LogP contribution in [0.1, 0.15) is 18.5 Å². The second-order valence-corrected chi connectivity index (χ2v) is 5.99.